The molecule has 2 aromatic carbocycles. The highest BCUT2D eigenvalue weighted by molar-refractivity contribution is 5.85. The van der Waals surface area contributed by atoms with Crippen LogP contribution in [0, 0.1) is 6.92 Å². The summed E-state index contributed by atoms with van der Waals surface area (Å²) in [6.07, 6.45) is 0. The standard InChI is InChI=1S/C18H22N2O.ClH/c1-14-7-6-8-15(11-14)13-20(2)18(21)17(12-19)16-9-4-3-5-10-16;/h3-11,17H,12-13,19H2,1-2H3;1H. The van der Waals surface area contributed by atoms with Crippen molar-refractivity contribution in [1.82, 2.24) is 4.90 Å². The molecule has 0 heterocycles. The van der Waals surface area contributed by atoms with Gasteiger partial charge in [0.05, 0.1) is 5.92 Å². The Kier molecular flexibility index (Phi) is 7.09. The molecule has 2 aromatic rings. The molecule has 0 aliphatic carbocycles. The molecule has 0 fully saturated rings. The van der Waals surface area contributed by atoms with Crippen molar-refractivity contribution in [1.29, 1.82) is 0 Å². The molecule has 4 heteroatoms. The molecular formula is C18H23ClN2O. The van der Waals surface area contributed by atoms with Gasteiger partial charge in [0, 0.05) is 20.1 Å². The minimum Gasteiger partial charge on any atom is -0.341 e. The lowest BCUT2D eigenvalue weighted by molar-refractivity contribution is -0.131. The van der Waals surface area contributed by atoms with Crippen LogP contribution in [0.4, 0.5) is 0 Å². The molecule has 0 radical (unpaired) electrons. The van der Waals surface area contributed by atoms with Crippen molar-refractivity contribution in [3.05, 3.63) is 71.3 Å². The molecule has 1 atom stereocenters. The van der Waals surface area contributed by atoms with Gasteiger partial charge in [-0.1, -0.05) is 60.2 Å². The number of halogens is 1. The van der Waals surface area contributed by atoms with Crippen molar-refractivity contribution in [3.63, 3.8) is 0 Å². The number of hydrogen-bond donors (Lipinski definition) is 1. The Morgan fingerprint density at radius 3 is 2.41 bits per heavy atom. The normalized spacial score (nSPS) is 11.4. The zero-order valence-electron chi connectivity index (χ0n) is 13.0. The van der Waals surface area contributed by atoms with Crippen LogP contribution < -0.4 is 5.73 Å². The Labute approximate surface area is 138 Å². The first kappa shape index (κ1) is 18.2. The average Bonchev–Trinajstić information content (AvgIpc) is 2.49. The maximum absolute atomic E-state index is 12.6. The van der Waals surface area contributed by atoms with Gasteiger partial charge in [-0.3, -0.25) is 4.79 Å². The van der Waals surface area contributed by atoms with Crippen molar-refractivity contribution < 1.29 is 4.79 Å². The molecule has 1 unspecified atom stereocenters. The smallest absolute Gasteiger partial charge is 0.231 e. The SMILES string of the molecule is Cc1cccc(CN(C)C(=O)C(CN)c2ccccc2)c1.Cl. The van der Waals surface area contributed by atoms with E-state index in [2.05, 4.69) is 19.1 Å². The number of hydrogen-bond acceptors (Lipinski definition) is 2. The van der Waals surface area contributed by atoms with Gasteiger partial charge in [0.1, 0.15) is 0 Å². The Morgan fingerprint density at radius 1 is 1.14 bits per heavy atom. The number of rotatable bonds is 5. The van der Waals surface area contributed by atoms with Gasteiger partial charge in [0.15, 0.2) is 0 Å². The summed E-state index contributed by atoms with van der Waals surface area (Å²) in [4.78, 5) is 14.4. The molecule has 0 aromatic heterocycles. The van der Waals surface area contributed by atoms with Crippen LogP contribution in [0.1, 0.15) is 22.6 Å². The highest BCUT2D eigenvalue weighted by Gasteiger charge is 2.22. The number of benzene rings is 2. The van der Waals surface area contributed by atoms with E-state index in [1.165, 1.54) is 5.56 Å². The molecular weight excluding hydrogens is 296 g/mol. The molecule has 2 N–H and O–H groups in total. The Balaban J connectivity index is 0.00000242. The van der Waals surface area contributed by atoms with Crippen LogP contribution in [0.2, 0.25) is 0 Å². The first-order valence-corrected chi connectivity index (χ1v) is 7.17. The van der Waals surface area contributed by atoms with Crippen molar-refractivity contribution in [2.24, 2.45) is 5.73 Å². The summed E-state index contributed by atoms with van der Waals surface area (Å²) in [5, 5.41) is 0. The third-order valence-corrected chi connectivity index (χ3v) is 3.61. The molecule has 3 nitrogen and oxygen atoms in total. The van der Waals surface area contributed by atoms with Crippen LogP contribution in [0.15, 0.2) is 54.6 Å². The maximum Gasteiger partial charge on any atom is 0.231 e. The van der Waals surface area contributed by atoms with E-state index in [4.69, 9.17) is 5.73 Å². The van der Waals surface area contributed by atoms with E-state index in [1.807, 2.05) is 49.5 Å². The van der Waals surface area contributed by atoms with Gasteiger partial charge in [0.25, 0.3) is 0 Å². The molecule has 0 saturated heterocycles. The van der Waals surface area contributed by atoms with Gasteiger partial charge >= 0.3 is 0 Å². The van der Waals surface area contributed by atoms with Crippen LogP contribution in [0.25, 0.3) is 0 Å². The van der Waals surface area contributed by atoms with Gasteiger partial charge in [-0.2, -0.15) is 0 Å². The van der Waals surface area contributed by atoms with Gasteiger partial charge < -0.3 is 10.6 Å². The number of amides is 1. The lowest BCUT2D eigenvalue weighted by atomic mass is 9.97. The largest absolute Gasteiger partial charge is 0.341 e. The van der Waals surface area contributed by atoms with Gasteiger partial charge in [-0.05, 0) is 18.1 Å². The molecule has 0 bridgehead atoms. The number of nitrogens with two attached hydrogens (primary N) is 1. The van der Waals surface area contributed by atoms with Crippen LogP contribution >= 0.6 is 12.4 Å². The second-order valence-corrected chi connectivity index (χ2v) is 5.38. The third kappa shape index (κ3) is 4.58. The number of carbonyl (C=O) groups is 1. The fraction of sp³-hybridized carbons (Fsp3) is 0.278. The summed E-state index contributed by atoms with van der Waals surface area (Å²) < 4.78 is 0. The van der Waals surface area contributed by atoms with E-state index in [0.717, 1.165) is 11.1 Å². The van der Waals surface area contributed by atoms with Crippen LogP contribution in [-0.2, 0) is 11.3 Å². The topological polar surface area (TPSA) is 46.3 Å². The molecule has 22 heavy (non-hydrogen) atoms. The van der Waals surface area contributed by atoms with Crippen molar-refractivity contribution in [3.8, 4) is 0 Å². The number of likely N-dealkylation sites (N-methyl/N-ethyl adjacent to an activating group) is 1. The summed E-state index contributed by atoms with van der Waals surface area (Å²) >= 11 is 0. The summed E-state index contributed by atoms with van der Waals surface area (Å²) in [5.41, 5.74) is 9.12. The van der Waals surface area contributed by atoms with Crippen LogP contribution in [-0.4, -0.2) is 24.4 Å². The Morgan fingerprint density at radius 2 is 1.82 bits per heavy atom. The fourth-order valence-electron chi connectivity index (χ4n) is 2.49. The second-order valence-electron chi connectivity index (χ2n) is 5.38. The van der Waals surface area contributed by atoms with Crippen molar-refractivity contribution >= 4 is 18.3 Å². The summed E-state index contributed by atoms with van der Waals surface area (Å²) in [6, 6.07) is 17.9. The fourth-order valence-corrected chi connectivity index (χ4v) is 2.49. The molecule has 0 saturated carbocycles. The highest BCUT2D eigenvalue weighted by Crippen LogP contribution is 2.18. The van der Waals surface area contributed by atoms with Crippen molar-refractivity contribution in [2.75, 3.05) is 13.6 Å². The van der Waals surface area contributed by atoms with E-state index in [9.17, 15) is 4.79 Å². The number of nitrogens with zero attached hydrogens (tertiary/aromatic N) is 1. The monoisotopic (exact) mass is 318 g/mol. The van der Waals surface area contributed by atoms with Crippen LogP contribution in [0.3, 0.4) is 0 Å². The molecule has 1 amide bonds. The minimum absolute atomic E-state index is 0. The quantitative estimate of drug-likeness (QED) is 0.920. The lowest BCUT2D eigenvalue weighted by Gasteiger charge is -2.23. The van der Waals surface area contributed by atoms with Crippen molar-refractivity contribution in [2.45, 2.75) is 19.4 Å². The van der Waals surface area contributed by atoms with E-state index in [0.29, 0.717) is 13.1 Å². The molecule has 0 aliphatic heterocycles. The lowest BCUT2D eigenvalue weighted by Crippen LogP contribution is -2.34. The maximum atomic E-state index is 12.6. The van der Waals surface area contributed by atoms with Gasteiger partial charge in [-0.15, -0.1) is 12.4 Å². The first-order valence-electron chi connectivity index (χ1n) is 7.17. The first-order chi connectivity index (χ1) is 10.1. The predicted molar refractivity (Wildman–Crippen MR) is 93.1 cm³/mol. The molecule has 0 spiro atoms. The minimum atomic E-state index is -0.277. The summed E-state index contributed by atoms with van der Waals surface area (Å²) in [6.45, 7) is 2.98. The average molecular weight is 319 g/mol. The summed E-state index contributed by atoms with van der Waals surface area (Å²) in [5.74, 6) is -0.216. The Hall–Kier alpha value is -1.84. The van der Waals surface area contributed by atoms with E-state index in [1.54, 1.807) is 4.90 Å². The number of aryl methyl sites for hydroxylation is 1. The van der Waals surface area contributed by atoms with E-state index in [-0.39, 0.29) is 24.2 Å². The molecule has 2 rings (SSSR count). The third-order valence-electron chi connectivity index (χ3n) is 3.61. The zero-order chi connectivity index (χ0) is 15.2. The Bertz CT molecular complexity index is 601. The van der Waals surface area contributed by atoms with Gasteiger partial charge in [-0.25, -0.2) is 0 Å². The summed E-state index contributed by atoms with van der Waals surface area (Å²) in [7, 11) is 1.83. The number of carbonyl (C=O) groups excluding carboxylic acids is 1. The van der Waals surface area contributed by atoms with Crippen LogP contribution in [0.5, 0.6) is 0 Å². The predicted octanol–water partition coefficient (Wildman–Crippen LogP) is 3.12. The van der Waals surface area contributed by atoms with Gasteiger partial charge in [0.2, 0.25) is 5.91 Å². The molecule has 0 aliphatic rings. The second kappa shape index (κ2) is 8.57. The van der Waals surface area contributed by atoms with E-state index >= 15 is 0 Å². The zero-order valence-corrected chi connectivity index (χ0v) is 13.8. The van der Waals surface area contributed by atoms with E-state index < -0.39 is 0 Å². The molecule has 118 valence electrons. The highest BCUT2D eigenvalue weighted by atomic mass is 35.5.